The molecule has 0 aromatic heterocycles. The highest BCUT2D eigenvalue weighted by molar-refractivity contribution is 4.55. The summed E-state index contributed by atoms with van der Waals surface area (Å²) < 4.78 is 0. The lowest BCUT2D eigenvalue weighted by Crippen LogP contribution is -1.93. The topological polar surface area (TPSA) is 0 Å². The average molecular weight is 253 g/mol. The lowest BCUT2D eigenvalue weighted by molar-refractivity contribution is 0.456. The van der Waals surface area contributed by atoms with Gasteiger partial charge < -0.3 is 0 Å². The fraction of sp³-hybridized carbons (Fsp3) is 0.944. The fourth-order valence-electron chi connectivity index (χ4n) is 2.65. The summed E-state index contributed by atoms with van der Waals surface area (Å²) in [7, 11) is 0. The Morgan fingerprint density at radius 3 is 1.56 bits per heavy atom. The predicted octanol–water partition coefficient (Wildman–Crippen LogP) is 6.94. The molecule has 0 bridgehead atoms. The summed E-state index contributed by atoms with van der Waals surface area (Å²) in [4.78, 5) is 0. The van der Waals surface area contributed by atoms with E-state index in [2.05, 4.69) is 20.8 Å². The molecule has 1 radical (unpaired) electrons. The third-order valence-corrected chi connectivity index (χ3v) is 4.00. The molecule has 0 rings (SSSR count). The van der Waals surface area contributed by atoms with E-state index in [4.69, 9.17) is 0 Å². The van der Waals surface area contributed by atoms with E-state index in [1.54, 1.807) is 0 Å². The Morgan fingerprint density at radius 2 is 1.11 bits per heavy atom. The zero-order valence-electron chi connectivity index (χ0n) is 13.2. The van der Waals surface area contributed by atoms with Crippen LogP contribution in [0.5, 0.6) is 0 Å². The minimum atomic E-state index is 0.904. The summed E-state index contributed by atoms with van der Waals surface area (Å²) in [6.07, 6.45) is 19.8. The van der Waals surface area contributed by atoms with Crippen molar-refractivity contribution in [2.75, 3.05) is 0 Å². The van der Waals surface area contributed by atoms with Gasteiger partial charge in [-0.05, 0) is 5.92 Å². The molecule has 1 unspecified atom stereocenters. The van der Waals surface area contributed by atoms with Crippen molar-refractivity contribution < 1.29 is 0 Å². The van der Waals surface area contributed by atoms with Crippen LogP contribution in [0.4, 0.5) is 0 Å². The second kappa shape index (κ2) is 15.1. The van der Waals surface area contributed by atoms with Gasteiger partial charge >= 0.3 is 0 Å². The van der Waals surface area contributed by atoms with E-state index in [-0.39, 0.29) is 0 Å². The maximum absolute atomic E-state index is 3.93. The molecule has 109 valence electrons. The fourth-order valence-corrected chi connectivity index (χ4v) is 2.65. The van der Waals surface area contributed by atoms with E-state index in [9.17, 15) is 0 Å². The number of hydrogen-bond donors (Lipinski definition) is 0. The highest BCUT2D eigenvalue weighted by atomic mass is 14.1. The molecule has 0 N–H and O–H groups in total. The second-order valence-electron chi connectivity index (χ2n) is 6.07. The molecular formula is C18H37. The molecule has 0 heterocycles. The third-order valence-electron chi connectivity index (χ3n) is 4.00. The lowest BCUT2D eigenvalue weighted by Gasteiger charge is -2.09. The first-order chi connectivity index (χ1) is 8.81. The van der Waals surface area contributed by atoms with Gasteiger partial charge in [-0.25, -0.2) is 0 Å². The molecule has 0 amide bonds. The Kier molecular flexibility index (Phi) is 15.1. The number of hydrogen-bond acceptors (Lipinski definition) is 0. The minimum absolute atomic E-state index is 0.904. The molecule has 0 aromatic rings. The zero-order chi connectivity index (χ0) is 13.5. The smallest absolute Gasteiger partial charge is 0.0443 e. The predicted molar refractivity (Wildman–Crippen MR) is 84.8 cm³/mol. The molecule has 0 spiro atoms. The summed E-state index contributed by atoms with van der Waals surface area (Å²) >= 11 is 0. The first kappa shape index (κ1) is 18.0. The van der Waals surface area contributed by atoms with Gasteiger partial charge in [-0.1, -0.05) is 111 Å². The number of rotatable bonds is 14. The van der Waals surface area contributed by atoms with Crippen LogP contribution in [0.1, 0.15) is 104 Å². The summed E-state index contributed by atoms with van der Waals surface area (Å²) in [5.41, 5.74) is 0. The van der Waals surface area contributed by atoms with Gasteiger partial charge in [-0.3, -0.25) is 0 Å². The molecule has 0 heteroatoms. The van der Waals surface area contributed by atoms with Crippen LogP contribution in [-0.2, 0) is 0 Å². The van der Waals surface area contributed by atoms with E-state index < -0.39 is 0 Å². The van der Waals surface area contributed by atoms with Crippen LogP contribution in [0.2, 0.25) is 0 Å². The van der Waals surface area contributed by atoms with Crippen LogP contribution < -0.4 is 0 Å². The van der Waals surface area contributed by atoms with Crippen molar-refractivity contribution in [2.24, 2.45) is 5.92 Å². The Balaban J connectivity index is 2.98. The van der Waals surface area contributed by atoms with Gasteiger partial charge in [0, 0.05) is 0 Å². The standard InChI is InChI=1S/C18H37/c1-4-6-7-8-9-10-11-12-13-14-15-17-18(3)16-5-2/h18H,2,4-17H2,1,3H3. The Morgan fingerprint density at radius 1 is 0.667 bits per heavy atom. The Labute approximate surface area is 117 Å². The first-order valence-corrected chi connectivity index (χ1v) is 8.60. The molecule has 0 aliphatic carbocycles. The largest absolute Gasteiger partial charge is 0.0654 e. The van der Waals surface area contributed by atoms with E-state index in [0.29, 0.717) is 0 Å². The third kappa shape index (κ3) is 14.1. The Bertz CT molecular complexity index is 139. The molecular weight excluding hydrogens is 216 g/mol. The van der Waals surface area contributed by atoms with Crippen molar-refractivity contribution in [2.45, 2.75) is 104 Å². The lowest BCUT2D eigenvalue weighted by atomic mass is 9.98. The monoisotopic (exact) mass is 253 g/mol. The van der Waals surface area contributed by atoms with Crippen LogP contribution in [-0.4, -0.2) is 0 Å². The molecule has 0 fully saturated rings. The van der Waals surface area contributed by atoms with Gasteiger partial charge in [0.15, 0.2) is 0 Å². The van der Waals surface area contributed by atoms with Crippen molar-refractivity contribution in [3.8, 4) is 0 Å². The summed E-state index contributed by atoms with van der Waals surface area (Å²) in [5, 5.41) is 0. The van der Waals surface area contributed by atoms with Crippen molar-refractivity contribution in [3.63, 3.8) is 0 Å². The first-order valence-electron chi connectivity index (χ1n) is 8.60. The van der Waals surface area contributed by atoms with Crippen LogP contribution in [0, 0.1) is 12.8 Å². The average Bonchev–Trinajstić information content (AvgIpc) is 2.36. The van der Waals surface area contributed by atoms with Gasteiger partial charge in [-0.15, -0.1) is 0 Å². The van der Waals surface area contributed by atoms with Crippen LogP contribution in [0.3, 0.4) is 0 Å². The van der Waals surface area contributed by atoms with Crippen molar-refractivity contribution in [3.05, 3.63) is 6.92 Å². The van der Waals surface area contributed by atoms with Crippen molar-refractivity contribution >= 4 is 0 Å². The molecule has 0 nitrogen and oxygen atoms in total. The van der Waals surface area contributed by atoms with Crippen molar-refractivity contribution in [1.82, 2.24) is 0 Å². The van der Waals surface area contributed by atoms with Crippen LogP contribution in [0.25, 0.3) is 0 Å². The molecule has 0 saturated carbocycles. The van der Waals surface area contributed by atoms with E-state index in [1.165, 1.54) is 83.5 Å². The SMILES string of the molecule is [CH2]CCC(C)CCCCCCCCCCCCC. The maximum Gasteiger partial charge on any atom is -0.0443 e. The van der Waals surface area contributed by atoms with E-state index >= 15 is 0 Å². The highest BCUT2D eigenvalue weighted by Crippen LogP contribution is 2.16. The van der Waals surface area contributed by atoms with Gasteiger partial charge in [0.2, 0.25) is 0 Å². The van der Waals surface area contributed by atoms with E-state index in [0.717, 1.165) is 12.3 Å². The van der Waals surface area contributed by atoms with Gasteiger partial charge in [-0.2, -0.15) is 0 Å². The number of unbranched alkanes of at least 4 members (excludes halogenated alkanes) is 10. The van der Waals surface area contributed by atoms with E-state index in [1.807, 2.05) is 0 Å². The Hall–Kier alpha value is 0. The van der Waals surface area contributed by atoms with Crippen molar-refractivity contribution in [1.29, 1.82) is 0 Å². The van der Waals surface area contributed by atoms with Gasteiger partial charge in [0.1, 0.15) is 0 Å². The highest BCUT2D eigenvalue weighted by Gasteiger charge is 1.99. The van der Waals surface area contributed by atoms with Gasteiger partial charge in [0.05, 0.1) is 0 Å². The minimum Gasteiger partial charge on any atom is -0.0654 e. The maximum atomic E-state index is 3.93. The van der Waals surface area contributed by atoms with Crippen LogP contribution in [0.15, 0.2) is 0 Å². The van der Waals surface area contributed by atoms with Crippen LogP contribution >= 0.6 is 0 Å². The molecule has 0 aromatic carbocycles. The second-order valence-corrected chi connectivity index (χ2v) is 6.07. The quantitative estimate of drug-likeness (QED) is 0.294. The summed E-state index contributed by atoms with van der Waals surface area (Å²) in [5.74, 6) is 0.904. The molecule has 18 heavy (non-hydrogen) atoms. The summed E-state index contributed by atoms with van der Waals surface area (Å²) in [6.45, 7) is 8.60. The molecule has 0 aliphatic heterocycles. The van der Waals surface area contributed by atoms with Gasteiger partial charge in [0.25, 0.3) is 0 Å². The molecule has 1 atom stereocenters. The molecule has 0 aliphatic rings. The zero-order valence-corrected chi connectivity index (χ0v) is 13.2. The summed E-state index contributed by atoms with van der Waals surface area (Å²) in [6, 6.07) is 0. The normalized spacial score (nSPS) is 12.8. The molecule has 0 saturated heterocycles.